The van der Waals surface area contributed by atoms with Gasteiger partial charge in [-0.15, -0.1) is 0 Å². The Labute approximate surface area is 100 Å². The molecule has 0 N–H and O–H groups in total. The molecule has 1 fully saturated rings. The molecule has 0 radical (unpaired) electrons. The number of aldehydes is 1. The van der Waals surface area contributed by atoms with Crippen LogP contribution in [-0.2, 0) is 4.79 Å². The van der Waals surface area contributed by atoms with Gasteiger partial charge in [-0.05, 0) is 33.2 Å². The Morgan fingerprint density at radius 1 is 1.31 bits per heavy atom. The maximum Gasteiger partial charge on any atom is 0.127 e. The van der Waals surface area contributed by atoms with Crippen LogP contribution in [0.4, 0.5) is 0 Å². The molecule has 16 heavy (non-hydrogen) atoms. The van der Waals surface area contributed by atoms with Crippen LogP contribution in [0.5, 0.6) is 0 Å². The Morgan fingerprint density at radius 2 is 1.94 bits per heavy atom. The number of nitrogens with zero attached hydrogens (tertiary/aromatic N) is 1. The molecule has 0 amide bonds. The second kappa shape index (κ2) is 6.39. The molecular weight excluding hydrogens is 198 g/mol. The Hall–Kier alpha value is -0.370. The van der Waals surface area contributed by atoms with Crippen molar-refractivity contribution in [2.45, 2.75) is 64.8 Å². The predicted octanol–water partition coefficient (Wildman–Crippen LogP) is 3.26. The molecule has 1 saturated carbocycles. The molecule has 2 heteroatoms. The lowest BCUT2D eigenvalue weighted by molar-refractivity contribution is -0.119. The smallest absolute Gasteiger partial charge is 0.127 e. The van der Waals surface area contributed by atoms with Gasteiger partial charge in [-0.25, -0.2) is 0 Å². The summed E-state index contributed by atoms with van der Waals surface area (Å²) in [6.07, 6.45) is 9.65. The van der Waals surface area contributed by atoms with Crippen LogP contribution in [-0.4, -0.2) is 30.8 Å². The van der Waals surface area contributed by atoms with Gasteiger partial charge in [-0.3, -0.25) is 0 Å². The van der Waals surface area contributed by atoms with Gasteiger partial charge in [0.2, 0.25) is 0 Å². The van der Waals surface area contributed by atoms with Gasteiger partial charge in [-0.1, -0.05) is 32.6 Å². The first-order valence-corrected chi connectivity index (χ1v) is 6.80. The average molecular weight is 225 g/mol. The van der Waals surface area contributed by atoms with Crippen molar-refractivity contribution in [1.29, 1.82) is 0 Å². The van der Waals surface area contributed by atoms with Crippen molar-refractivity contribution in [3.8, 4) is 0 Å². The summed E-state index contributed by atoms with van der Waals surface area (Å²) >= 11 is 0. The summed E-state index contributed by atoms with van der Waals surface area (Å²) in [5, 5.41) is 0. The van der Waals surface area contributed by atoms with E-state index in [1.54, 1.807) is 0 Å². The molecule has 1 aliphatic rings. The highest BCUT2D eigenvalue weighted by Gasteiger charge is 2.33. The van der Waals surface area contributed by atoms with E-state index < -0.39 is 0 Å². The molecule has 0 aliphatic heterocycles. The van der Waals surface area contributed by atoms with Gasteiger partial charge >= 0.3 is 0 Å². The lowest BCUT2D eigenvalue weighted by Gasteiger charge is -2.37. The van der Waals surface area contributed by atoms with E-state index in [1.807, 2.05) is 0 Å². The predicted molar refractivity (Wildman–Crippen MR) is 68.6 cm³/mol. The highest BCUT2D eigenvalue weighted by Crippen LogP contribution is 2.35. The summed E-state index contributed by atoms with van der Waals surface area (Å²) in [4.78, 5) is 13.7. The minimum atomic E-state index is -0.0327. The number of hydrogen-bond donors (Lipinski definition) is 0. The van der Waals surface area contributed by atoms with Crippen molar-refractivity contribution in [3.63, 3.8) is 0 Å². The van der Waals surface area contributed by atoms with Crippen LogP contribution in [0.2, 0.25) is 0 Å². The normalized spacial score (nSPS) is 22.0. The number of carbonyl (C=O) groups is 1. The summed E-state index contributed by atoms with van der Waals surface area (Å²) in [6.45, 7) is 5.45. The largest absolute Gasteiger partial charge is 0.303 e. The van der Waals surface area contributed by atoms with Crippen LogP contribution in [0.1, 0.15) is 58.8 Å². The minimum absolute atomic E-state index is 0.0327. The Bertz CT molecular complexity index is 209. The standard InChI is InChI=1S/C14H27NO/c1-4-8-13(2)15(3)11-14(12-16)9-6-5-7-10-14/h12-13H,4-11H2,1-3H3. The molecule has 0 aromatic carbocycles. The minimum Gasteiger partial charge on any atom is -0.303 e. The van der Waals surface area contributed by atoms with Crippen LogP contribution in [0.3, 0.4) is 0 Å². The fourth-order valence-electron chi connectivity index (χ4n) is 2.86. The molecule has 0 aromatic rings. The second-order valence-electron chi connectivity index (χ2n) is 5.59. The van der Waals surface area contributed by atoms with Gasteiger partial charge in [0.1, 0.15) is 6.29 Å². The van der Waals surface area contributed by atoms with E-state index in [9.17, 15) is 4.79 Å². The Morgan fingerprint density at radius 3 is 2.44 bits per heavy atom. The SMILES string of the molecule is CCCC(C)N(C)CC1(C=O)CCCCC1. The Balaban J connectivity index is 2.51. The van der Waals surface area contributed by atoms with Crippen molar-refractivity contribution in [3.05, 3.63) is 0 Å². The summed E-state index contributed by atoms with van der Waals surface area (Å²) in [5.74, 6) is 0. The lowest BCUT2D eigenvalue weighted by atomic mass is 9.74. The molecule has 1 unspecified atom stereocenters. The first-order chi connectivity index (χ1) is 7.63. The van der Waals surface area contributed by atoms with E-state index in [4.69, 9.17) is 0 Å². The fourth-order valence-corrected chi connectivity index (χ4v) is 2.86. The topological polar surface area (TPSA) is 20.3 Å². The molecule has 0 aromatic heterocycles. The Kier molecular flexibility index (Phi) is 5.47. The molecule has 0 heterocycles. The summed E-state index contributed by atoms with van der Waals surface area (Å²) in [6, 6.07) is 0.601. The third-order valence-corrected chi connectivity index (χ3v) is 4.12. The van der Waals surface area contributed by atoms with Crippen molar-refractivity contribution in [2.24, 2.45) is 5.41 Å². The average Bonchev–Trinajstić information content (AvgIpc) is 2.30. The number of carbonyl (C=O) groups excluding carboxylic acids is 1. The van der Waals surface area contributed by atoms with E-state index in [2.05, 4.69) is 25.8 Å². The first-order valence-electron chi connectivity index (χ1n) is 6.80. The zero-order valence-electron chi connectivity index (χ0n) is 11.2. The second-order valence-corrected chi connectivity index (χ2v) is 5.59. The van der Waals surface area contributed by atoms with E-state index in [-0.39, 0.29) is 5.41 Å². The summed E-state index contributed by atoms with van der Waals surface area (Å²) < 4.78 is 0. The van der Waals surface area contributed by atoms with Gasteiger partial charge in [0.05, 0.1) is 0 Å². The highest BCUT2D eigenvalue weighted by molar-refractivity contribution is 5.60. The maximum atomic E-state index is 11.4. The molecular formula is C14H27NO. The molecule has 0 spiro atoms. The van der Waals surface area contributed by atoms with Gasteiger partial charge in [0.25, 0.3) is 0 Å². The van der Waals surface area contributed by atoms with Gasteiger partial charge in [0, 0.05) is 18.0 Å². The van der Waals surface area contributed by atoms with Crippen molar-refractivity contribution in [2.75, 3.05) is 13.6 Å². The molecule has 0 saturated heterocycles. The molecule has 1 rings (SSSR count). The van der Waals surface area contributed by atoms with Gasteiger partial charge in [-0.2, -0.15) is 0 Å². The zero-order valence-corrected chi connectivity index (χ0v) is 11.2. The highest BCUT2D eigenvalue weighted by atomic mass is 16.1. The molecule has 1 aliphatic carbocycles. The third-order valence-electron chi connectivity index (χ3n) is 4.12. The molecule has 2 nitrogen and oxygen atoms in total. The van der Waals surface area contributed by atoms with Crippen molar-refractivity contribution >= 4 is 6.29 Å². The van der Waals surface area contributed by atoms with E-state index in [0.29, 0.717) is 6.04 Å². The monoisotopic (exact) mass is 225 g/mol. The van der Waals surface area contributed by atoms with Crippen LogP contribution in [0.25, 0.3) is 0 Å². The quantitative estimate of drug-likeness (QED) is 0.647. The molecule has 1 atom stereocenters. The van der Waals surface area contributed by atoms with Gasteiger partial charge in [0.15, 0.2) is 0 Å². The molecule has 94 valence electrons. The fraction of sp³-hybridized carbons (Fsp3) is 0.929. The summed E-state index contributed by atoms with van der Waals surface area (Å²) in [7, 11) is 2.17. The van der Waals surface area contributed by atoms with E-state index >= 15 is 0 Å². The number of hydrogen-bond acceptors (Lipinski definition) is 2. The van der Waals surface area contributed by atoms with Crippen LogP contribution in [0, 0.1) is 5.41 Å². The zero-order chi connectivity index (χ0) is 12.0. The van der Waals surface area contributed by atoms with Crippen LogP contribution < -0.4 is 0 Å². The van der Waals surface area contributed by atoms with E-state index in [0.717, 1.165) is 19.4 Å². The first kappa shape index (κ1) is 13.7. The van der Waals surface area contributed by atoms with Crippen molar-refractivity contribution in [1.82, 2.24) is 4.90 Å². The molecule has 0 bridgehead atoms. The van der Waals surface area contributed by atoms with Crippen molar-refractivity contribution < 1.29 is 4.79 Å². The van der Waals surface area contributed by atoms with Crippen LogP contribution in [0.15, 0.2) is 0 Å². The van der Waals surface area contributed by atoms with Gasteiger partial charge < -0.3 is 9.69 Å². The lowest BCUT2D eigenvalue weighted by Crippen LogP contribution is -2.42. The summed E-state index contributed by atoms with van der Waals surface area (Å²) in [5.41, 5.74) is -0.0327. The van der Waals surface area contributed by atoms with E-state index in [1.165, 1.54) is 38.4 Å². The third kappa shape index (κ3) is 3.58. The van der Waals surface area contributed by atoms with Crippen LogP contribution >= 0.6 is 0 Å². The maximum absolute atomic E-state index is 11.4. The number of rotatable bonds is 6.